The fourth-order valence-electron chi connectivity index (χ4n) is 3.66. The van der Waals surface area contributed by atoms with E-state index in [1.165, 1.54) is 7.11 Å². The monoisotopic (exact) mass is 431 g/mol. The van der Waals surface area contributed by atoms with Crippen LogP contribution < -0.4 is 15.4 Å². The summed E-state index contributed by atoms with van der Waals surface area (Å²) in [4.78, 5) is 16.9. The lowest BCUT2D eigenvalue weighted by molar-refractivity contribution is -0.173. The molecule has 10 heteroatoms. The summed E-state index contributed by atoms with van der Waals surface area (Å²) in [5.41, 5.74) is 1.24. The fraction of sp³-hybridized carbons (Fsp3) is 0.286. The zero-order chi connectivity index (χ0) is 22.0. The molecule has 0 bridgehead atoms. The van der Waals surface area contributed by atoms with E-state index in [0.29, 0.717) is 17.0 Å². The number of carbonyl (C=O) groups is 1. The second-order valence-electron chi connectivity index (χ2n) is 7.09. The Labute approximate surface area is 176 Å². The van der Waals surface area contributed by atoms with Crippen LogP contribution in [0.4, 0.5) is 19.0 Å². The van der Waals surface area contributed by atoms with Gasteiger partial charge in [0.25, 0.3) is 5.91 Å². The van der Waals surface area contributed by atoms with E-state index in [2.05, 4.69) is 20.7 Å². The Morgan fingerprint density at radius 3 is 2.74 bits per heavy atom. The van der Waals surface area contributed by atoms with Crippen molar-refractivity contribution in [2.75, 3.05) is 12.4 Å². The normalized spacial score (nSPS) is 18.1. The minimum absolute atomic E-state index is 0.0167. The first kappa shape index (κ1) is 20.7. The summed E-state index contributed by atoms with van der Waals surface area (Å²) >= 11 is 0. The van der Waals surface area contributed by atoms with E-state index >= 15 is 0 Å². The van der Waals surface area contributed by atoms with Crippen molar-refractivity contribution in [3.8, 4) is 5.75 Å². The first-order chi connectivity index (χ1) is 14.9. The van der Waals surface area contributed by atoms with E-state index in [9.17, 15) is 18.0 Å². The van der Waals surface area contributed by atoms with Crippen LogP contribution in [0.3, 0.4) is 0 Å². The van der Waals surface area contributed by atoms with Gasteiger partial charge < -0.3 is 15.4 Å². The summed E-state index contributed by atoms with van der Waals surface area (Å²) in [6.45, 7) is 0.142. The molecule has 2 atom stereocenters. The fourth-order valence-corrected chi connectivity index (χ4v) is 3.66. The molecular formula is C21H20F3N5O2. The highest BCUT2D eigenvalue weighted by atomic mass is 19.4. The van der Waals surface area contributed by atoms with E-state index in [0.717, 1.165) is 10.9 Å². The third kappa shape index (κ3) is 4.18. The van der Waals surface area contributed by atoms with Gasteiger partial charge in [-0.05, 0) is 18.2 Å². The van der Waals surface area contributed by atoms with Crippen molar-refractivity contribution in [3.63, 3.8) is 0 Å². The van der Waals surface area contributed by atoms with E-state index < -0.39 is 24.2 Å². The number of hydrogen-bond donors (Lipinski definition) is 2. The Balaban J connectivity index is 1.65. The van der Waals surface area contributed by atoms with E-state index in [1.54, 1.807) is 48.7 Å². The Kier molecular flexibility index (Phi) is 5.53. The van der Waals surface area contributed by atoms with Gasteiger partial charge in [-0.2, -0.15) is 18.3 Å². The molecule has 31 heavy (non-hydrogen) atoms. The third-order valence-electron chi connectivity index (χ3n) is 5.15. The molecule has 0 fully saturated rings. The topological polar surface area (TPSA) is 81.1 Å². The molecule has 2 unspecified atom stereocenters. The van der Waals surface area contributed by atoms with E-state index in [4.69, 9.17) is 4.74 Å². The van der Waals surface area contributed by atoms with Crippen LogP contribution in [0.1, 0.15) is 40.1 Å². The van der Waals surface area contributed by atoms with Crippen LogP contribution in [0.15, 0.2) is 54.9 Å². The molecule has 0 saturated carbocycles. The van der Waals surface area contributed by atoms with Crippen molar-refractivity contribution in [2.45, 2.75) is 31.2 Å². The van der Waals surface area contributed by atoms with Gasteiger partial charge in [-0.1, -0.05) is 24.3 Å². The Hall–Kier alpha value is -3.56. The number of rotatable bonds is 5. The number of fused-ring (bicyclic) bond motifs is 1. The molecule has 7 nitrogen and oxygen atoms in total. The summed E-state index contributed by atoms with van der Waals surface area (Å²) in [6, 6.07) is 9.54. The Morgan fingerprint density at radius 2 is 2.03 bits per heavy atom. The highest BCUT2D eigenvalue weighted by Gasteiger charge is 2.47. The summed E-state index contributed by atoms with van der Waals surface area (Å²) in [5, 5.41) is 9.62. The molecule has 2 N–H and O–H groups in total. The van der Waals surface area contributed by atoms with Crippen LogP contribution in [-0.2, 0) is 6.54 Å². The molecular weight excluding hydrogens is 411 g/mol. The molecule has 3 aromatic rings. The van der Waals surface area contributed by atoms with Gasteiger partial charge in [-0.25, -0.2) is 4.68 Å². The average Bonchev–Trinajstić information content (AvgIpc) is 3.20. The van der Waals surface area contributed by atoms with Crippen LogP contribution in [0.5, 0.6) is 5.75 Å². The molecule has 0 aliphatic carbocycles. The Bertz CT molecular complexity index is 1070. The quantitative estimate of drug-likeness (QED) is 0.641. The first-order valence-electron chi connectivity index (χ1n) is 9.60. The number of hydrogen-bond acceptors (Lipinski definition) is 5. The van der Waals surface area contributed by atoms with Crippen LogP contribution in [0.25, 0.3) is 0 Å². The number of ether oxygens (including phenoxy) is 1. The molecule has 1 amide bonds. The second kappa shape index (κ2) is 8.29. The lowest BCUT2D eigenvalue weighted by Gasteiger charge is -2.34. The smallest absolute Gasteiger partial charge is 0.410 e. The lowest BCUT2D eigenvalue weighted by Crippen LogP contribution is -2.36. The van der Waals surface area contributed by atoms with Crippen molar-refractivity contribution < 1.29 is 22.7 Å². The molecule has 1 aromatic carbocycles. The number of anilines is 1. The molecule has 4 rings (SSSR count). The molecule has 0 radical (unpaired) electrons. The maximum absolute atomic E-state index is 13.8. The van der Waals surface area contributed by atoms with Gasteiger partial charge in [0, 0.05) is 18.2 Å². The van der Waals surface area contributed by atoms with Crippen molar-refractivity contribution in [3.05, 3.63) is 71.7 Å². The van der Waals surface area contributed by atoms with Gasteiger partial charge in [0.2, 0.25) is 0 Å². The number of nitrogens with zero attached hydrogens (tertiary/aromatic N) is 3. The first-order valence-corrected chi connectivity index (χ1v) is 9.60. The SMILES string of the molecule is COc1ccccc1C1CC(C(F)(F)F)n2ncc(C(=O)NCc3ccccn3)c2N1. The molecule has 162 valence electrons. The van der Waals surface area contributed by atoms with Crippen LogP contribution in [0.2, 0.25) is 0 Å². The number of para-hydroxylation sites is 1. The number of benzene rings is 1. The highest BCUT2D eigenvalue weighted by Crippen LogP contribution is 2.45. The number of nitrogens with one attached hydrogen (secondary N) is 2. The van der Waals surface area contributed by atoms with E-state index in [1.807, 2.05) is 0 Å². The van der Waals surface area contributed by atoms with Crippen molar-refractivity contribution >= 4 is 11.7 Å². The average molecular weight is 431 g/mol. The largest absolute Gasteiger partial charge is 0.496 e. The zero-order valence-electron chi connectivity index (χ0n) is 16.6. The number of aromatic nitrogens is 3. The van der Waals surface area contributed by atoms with Gasteiger partial charge in [-0.15, -0.1) is 0 Å². The van der Waals surface area contributed by atoms with Crippen molar-refractivity contribution in [1.29, 1.82) is 0 Å². The number of halogens is 3. The van der Waals surface area contributed by atoms with Gasteiger partial charge in [-0.3, -0.25) is 9.78 Å². The lowest BCUT2D eigenvalue weighted by atomic mass is 9.95. The number of amides is 1. The van der Waals surface area contributed by atoms with Gasteiger partial charge in [0.1, 0.15) is 17.1 Å². The molecule has 3 heterocycles. The van der Waals surface area contributed by atoms with E-state index in [-0.39, 0.29) is 24.3 Å². The summed E-state index contributed by atoms with van der Waals surface area (Å²) in [5.74, 6) is -0.0564. The molecule has 0 spiro atoms. The van der Waals surface area contributed by atoms with Crippen LogP contribution in [0, 0.1) is 0 Å². The van der Waals surface area contributed by atoms with Gasteiger partial charge >= 0.3 is 6.18 Å². The van der Waals surface area contributed by atoms with Crippen LogP contribution in [-0.4, -0.2) is 34.0 Å². The predicted molar refractivity (Wildman–Crippen MR) is 107 cm³/mol. The molecule has 0 saturated heterocycles. The van der Waals surface area contributed by atoms with Crippen LogP contribution >= 0.6 is 0 Å². The van der Waals surface area contributed by atoms with Crippen molar-refractivity contribution in [2.24, 2.45) is 0 Å². The highest BCUT2D eigenvalue weighted by molar-refractivity contribution is 5.98. The number of pyridine rings is 1. The molecule has 1 aliphatic rings. The summed E-state index contributed by atoms with van der Waals surface area (Å²) in [7, 11) is 1.46. The molecule has 2 aromatic heterocycles. The number of carbonyl (C=O) groups excluding carboxylic acids is 1. The van der Waals surface area contributed by atoms with Gasteiger partial charge in [0.15, 0.2) is 6.04 Å². The maximum atomic E-state index is 13.8. The van der Waals surface area contributed by atoms with Gasteiger partial charge in [0.05, 0.1) is 31.6 Å². The minimum atomic E-state index is -4.54. The number of methoxy groups -OCH3 is 1. The number of alkyl halides is 3. The summed E-state index contributed by atoms with van der Waals surface area (Å²) < 4.78 is 47.7. The minimum Gasteiger partial charge on any atom is -0.496 e. The summed E-state index contributed by atoms with van der Waals surface area (Å²) in [6.07, 6.45) is -2.07. The maximum Gasteiger partial charge on any atom is 0.410 e. The third-order valence-corrected chi connectivity index (χ3v) is 5.15. The van der Waals surface area contributed by atoms with Crippen molar-refractivity contribution in [1.82, 2.24) is 20.1 Å². The standard InChI is InChI=1S/C21H20F3N5O2/c1-31-17-8-3-2-7-14(17)16-10-18(21(22,23)24)29-19(28-16)15(12-27-29)20(30)26-11-13-6-4-5-9-25-13/h2-9,12,16,18,28H,10-11H2,1H3,(H,26,30). The molecule has 1 aliphatic heterocycles. The Morgan fingerprint density at radius 1 is 1.26 bits per heavy atom. The zero-order valence-corrected chi connectivity index (χ0v) is 16.6. The second-order valence-corrected chi connectivity index (χ2v) is 7.09. The predicted octanol–water partition coefficient (Wildman–Crippen LogP) is 3.88.